The third kappa shape index (κ3) is 4.28. The molecule has 9 heteroatoms. The number of carbonyl (C=O) groups is 1. The summed E-state index contributed by atoms with van der Waals surface area (Å²) in [4.78, 5) is 26.1. The molecule has 0 aliphatic carbocycles. The number of nitrogens with one attached hydrogen (secondary N) is 1. The lowest BCUT2D eigenvalue weighted by Gasteiger charge is -2.07. The lowest BCUT2D eigenvalue weighted by atomic mass is 10.2. The number of benzene rings is 1. The van der Waals surface area contributed by atoms with Crippen LogP contribution in [0.15, 0.2) is 47.4 Å². The molecular formula is C16H16N6O3. The van der Waals surface area contributed by atoms with Gasteiger partial charge < -0.3 is 19.5 Å². The van der Waals surface area contributed by atoms with Gasteiger partial charge in [0.1, 0.15) is 5.82 Å². The Hall–Kier alpha value is -3.49. The van der Waals surface area contributed by atoms with Gasteiger partial charge in [-0.1, -0.05) is 6.07 Å². The fourth-order valence-electron chi connectivity index (χ4n) is 1.93. The lowest BCUT2D eigenvalue weighted by Crippen LogP contribution is -2.10. The van der Waals surface area contributed by atoms with Gasteiger partial charge in [-0.25, -0.2) is 9.78 Å². The zero-order valence-corrected chi connectivity index (χ0v) is 13.7. The number of aromatic nitrogens is 4. The highest BCUT2D eigenvalue weighted by Crippen LogP contribution is 2.16. The molecule has 0 radical (unpaired) electrons. The fourth-order valence-corrected chi connectivity index (χ4v) is 1.93. The van der Waals surface area contributed by atoms with Crippen molar-refractivity contribution in [1.29, 1.82) is 0 Å². The molecule has 0 saturated carbocycles. The first-order valence-corrected chi connectivity index (χ1v) is 7.42. The molecule has 0 bridgehead atoms. The number of rotatable bonds is 6. The van der Waals surface area contributed by atoms with Crippen molar-refractivity contribution in [1.82, 2.24) is 20.1 Å². The van der Waals surface area contributed by atoms with Crippen LogP contribution < -0.4 is 10.2 Å². The topological polar surface area (TPSA) is 106 Å². The van der Waals surface area contributed by atoms with Crippen LogP contribution in [0.2, 0.25) is 0 Å². The zero-order valence-electron chi connectivity index (χ0n) is 13.7. The van der Waals surface area contributed by atoms with Crippen molar-refractivity contribution < 1.29 is 14.1 Å². The minimum atomic E-state index is -0.493. The summed E-state index contributed by atoms with van der Waals surface area (Å²) in [7, 11) is 3.58. The van der Waals surface area contributed by atoms with Crippen LogP contribution in [0.3, 0.4) is 0 Å². The third-order valence-electron chi connectivity index (χ3n) is 3.12. The van der Waals surface area contributed by atoms with E-state index in [4.69, 9.17) is 9.26 Å². The molecule has 128 valence electrons. The minimum absolute atomic E-state index is 0.0957. The molecule has 0 fully saturated rings. The van der Waals surface area contributed by atoms with E-state index in [9.17, 15) is 4.79 Å². The van der Waals surface area contributed by atoms with Gasteiger partial charge in [-0.3, -0.25) is 4.98 Å². The molecule has 25 heavy (non-hydrogen) atoms. The molecular weight excluding hydrogens is 324 g/mol. The van der Waals surface area contributed by atoms with E-state index in [0.717, 1.165) is 0 Å². The highest BCUT2D eigenvalue weighted by Gasteiger charge is 2.12. The molecule has 2 aromatic heterocycles. The minimum Gasteiger partial charge on any atom is -0.452 e. The van der Waals surface area contributed by atoms with Gasteiger partial charge in [-0.05, 0) is 23.4 Å². The van der Waals surface area contributed by atoms with Crippen LogP contribution in [0.1, 0.15) is 16.2 Å². The Kier molecular flexibility index (Phi) is 4.84. The maximum Gasteiger partial charge on any atom is 0.338 e. The third-order valence-corrected chi connectivity index (χ3v) is 3.12. The monoisotopic (exact) mass is 340 g/mol. The summed E-state index contributed by atoms with van der Waals surface area (Å²) < 4.78 is 10.2. The molecule has 3 aromatic rings. The van der Waals surface area contributed by atoms with Crippen LogP contribution in [0.4, 0.5) is 17.5 Å². The molecule has 0 aliphatic heterocycles. The summed E-state index contributed by atoms with van der Waals surface area (Å²) in [5, 5.41) is 6.81. The highest BCUT2D eigenvalue weighted by atomic mass is 16.6. The van der Waals surface area contributed by atoms with Gasteiger partial charge in [0.2, 0.25) is 0 Å². The van der Waals surface area contributed by atoms with Gasteiger partial charge in [0.25, 0.3) is 11.8 Å². The van der Waals surface area contributed by atoms with E-state index >= 15 is 0 Å². The summed E-state index contributed by atoms with van der Waals surface area (Å²) >= 11 is 0. The van der Waals surface area contributed by atoms with Crippen molar-refractivity contribution in [2.75, 3.05) is 24.3 Å². The van der Waals surface area contributed by atoms with Crippen molar-refractivity contribution in [2.24, 2.45) is 0 Å². The SMILES string of the molecule is CN(C)c1noc(COC(=O)c2cccc(Nc3cnccn3)c2)n1. The molecule has 0 spiro atoms. The Balaban J connectivity index is 1.62. The van der Waals surface area contributed by atoms with Crippen LogP contribution in [0, 0.1) is 0 Å². The number of ether oxygens (including phenoxy) is 1. The maximum absolute atomic E-state index is 12.2. The smallest absolute Gasteiger partial charge is 0.338 e. The van der Waals surface area contributed by atoms with E-state index in [1.54, 1.807) is 55.8 Å². The Bertz CT molecular complexity index is 850. The summed E-state index contributed by atoms with van der Waals surface area (Å²) in [6, 6.07) is 6.87. The summed E-state index contributed by atoms with van der Waals surface area (Å²) in [5.74, 6) is 0.731. The normalized spacial score (nSPS) is 10.3. The second-order valence-corrected chi connectivity index (χ2v) is 5.26. The average Bonchev–Trinajstić information content (AvgIpc) is 3.10. The molecule has 0 unspecified atom stereocenters. The molecule has 0 amide bonds. The molecule has 2 heterocycles. The van der Waals surface area contributed by atoms with Crippen molar-refractivity contribution in [3.63, 3.8) is 0 Å². The number of hydrogen-bond acceptors (Lipinski definition) is 9. The van der Waals surface area contributed by atoms with Crippen LogP contribution in [0.5, 0.6) is 0 Å². The van der Waals surface area contributed by atoms with E-state index in [1.807, 2.05) is 6.07 Å². The van der Waals surface area contributed by atoms with Crippen LogP contribution in [-0.2, 0) is 11.3 Å². The fraction of sp³-hybridized carbons (Fsp3) is 0.188. The van der Waals surface area contributed by atoms with E-state index < -0.39 is 5.97 Å². The van der Waals surface area contributed by atoms with Crippen molar-refractivity contribution >= 4 is 23.4 Å². The molecule has 0 atom stereocenters. The molecule has 9 nitrogen and oxygen atoms in total. The summed E-state index contributed by atoms with van der Waals surface area (Å²) in [5.41, 5.74) is 1.09. The quantitative estimate of drug-likeness (QED) is 0.674. The first-order chi connectivity index (χ1) is 12.1. The lowest BCUT2D eigenvalue weighted by molar-refractivity contribution is 0.0430. The van der Waals surface area contributed by atoms with Crippen LogP contribution in [0.25, 0.3) is 0 Å². The molecule has 3 rings (SSSR count). The number of carbonyl (C=O) groups excluding carboxylic acids is 1. The average molecular weight is 340 g/mol. The van der Waals surface area contributed by atoms with Crippen molar-refractivity contribution in [2.45, 2.75) is 6.61 Å². The number of hydrogen-bond donors (Lipinski definition) is 1. The highest BCUT2D eigenvalue weighted by molar-refractivity contribution is 5.90. The number of esters is 1. The first-order valence-electron chi connectivity index (χ1n) is 7.42. The van der Waals surface area contributed by atoms with Gasteiger partial charge in [0, 0.05) is 32.2 Å². The Morgan fingerprint density at radius 3 is 2.92 bits per heavy atom. The second kappa shape index (κ2) is 7.39. The largest absolute Gasteiger partial charge is 0.452 e. The molecule has 0 aliphatic rings. The Labute approximate surface area is 143 Å². The van der Waals surface area contributed by atoms with Gasteiger partial charge >= 0.3 is 5.97 Å². The van der Waals surface area contributed by atoms with E-state index in [-0.39, 0.29) is 12.5 Å². The van der Waals surface area contributed by atoms with Crippen molar-refractivity contribution in [3.8, 4) is 0 Å². The van der Waals surface area contributed by atoms with E-state index in [0.29, 0.717) is 23.0 Å². The van der Waals surface area contributed by atoms with E-state index in [2.05, 4.69) is 25.4 Å². The van der Waals surface area contributed by atoms with E-state index in [1.165, 1.54) is 0 Å². The van der Waals surface area contributed by atoms with Gasteiger partial charge in [0.05, 0.1) is 11.8 Å². The Morgan fingerprint density at radius 2 is 2.20 bits per heavy atom. The standard InChI is InChI=1S/C16H16N6O3/c1-22(2)16-20-14(25-21-16)10-24-15(23)11-4-3-5-12(8-11)19-13-9-17-6-7-18-13/h3-9H,10H2,1-2H3,(H,18,19). The first kappa shape index (κ1) is 16.4. The predicted molar refractivity (Wildman–Crippen MR) is 89.5 cm³/mol. The zero-order chi connectivity index (χ0) is 17.6. The van der Waals surface area contributed by atoms with Crippen LogP contribution in [-0.4, -0.2) is 40.2 Å². The second-order valence-electron chi connectivity index (χ2n) is 5.26. The van der Waals surface area contributed by atoms with Crippen LogP contribution >= 0.6 is 0 Å². The summed E-state index contributed by atoms with van der Waals surface area (Å²) in [6.45, 7) is -0.0957. The molecule has 1 N–H and O–H groups in total. The van der Waals surface area contributed by atoms with Gasteiger partial charge in [0.15, 0.2) is 6.61 Å². The number of nitrogens with zero attached hydrogens (tertiary/aromatic N) is 5. The maximum atomic E-state index is 12.2. The molecule has 1 aromatic carbocycles. The summed E-state index contributed by atoms with van der Waals surface area (Å²) in [6.07, 6.45) is 4.74. The van der Waals surface area contributed by atoms with Gasteiger partial charge in [-0.2, -0.15) is 4.98 Å². The predicted octanol–water partition coefficient (Wildman–Crippen LogP) is 2.03. The number of anilines is 3. The van der Waals surface area contributed by atoms with Gasteiger partial charge in [-0.15, -0.1) is 0 Å². The Morgan fingerprint density at radius 1 is 1.32 bits per heavy atom. The molecule has 0 saturated heterocycles. The van der Waals surface area contributed by atoms with Crippen molar-refractivity contribution in [3.05, 3.63) is 54.3 Å².